The van der Waals surface area contributed by atoms with E-state index in [0.717, 1.165) is 54.3 Å². The van der Waals surface area contributed by atoms with Crippen molar-refractivity contribution in [1.29, 1.82) is 0 Å². The van der Waals surface area contributed by atoms with Gasteiger partial charge >= 0.3 is 18.4 Å². The largest absolute Gasteiger partial charge is 0.453 e. The Kier molecular flexibility index (Phi) is 14.1. The Morgan fingerprint density at radius 1 is 0.620 bits per heavy atom. The first kappa shape index (κ1) is 49.5. The molecule has 9 rings (SSSR count). The number of H-pyrrole nitrogens is 2. The van der Waals surface area contributed by atoms with Crippen molar-refractivity contribution >= 4 is 57.4 Å². The van der Waals surface area contributed by atoms with E-state index in [2.05, 4.69) is 25.5 Å². The number of imidazole rings is 2. The lowest BCUT2D eigenvalue weighted by Crippen LogP contribution is -2.51. The average molecular weight is 983 g/mol. The minimum atomic E-state index is -4.59. The molecule has 3 aromatic carbocycles. The molecule has 19 heteroatoms. The van der Waals surface area contributed by atoms with Crippen molar-refractivity contribution in [1.82, 2.24) is 40.4 Å². The average Bonchev–Trinajstić information content (AvgIpc) is 4.22. The van der Waals surface area contributed by atoms with Gasteiger partial charge in [-0.3, -0.25) is 9.59 Å². The van der Waals surface area contributed by atoms with Crippen LogP contribution in [0.5, 0.6) is 0 Å². The van der Waals surface area contributed by atoms with Gasteiger partial charge in [0.15, 0.2) is 0 Å². The summed E-state index contributed by atoms with van der Waals surface area (Å²) in [5.41, 5.74) is 4.71. The predicted molar refractivity (Wildman–Crippen MR) is 263 cm³/mol. The highest BCUT2D eigenvalue weighted by Gasteiger charge is 2.42. The fraction of sp³-hybridized carbons (Fsp3) is 0.538. The fourth-order valence-electron chi connectivity index (χ4n) is 11.4. The molecule has 6 atom stereocenters. The first-order chi connectivity index (χ1) is 34.0. The van der Waals surface area contributed by atoms with E-state index >= 15 is 13.2 Å². The number of hydrogen-bond acceptors (Lipinski definition) is 10. The molecule has 380 valence electrons. The molecule has 71 heavy (non-hydrogen) atoms. The van der Waals surface area contributed by atoms with Gasteiger partial charge in [-0.15, -0.1) is 0 Å². The topological polar surface area (TPSA) is 181 Å². The number of carbonyl (C=O) groups excluding carboxylic acids is 4. The van der Waals surface area contributed by atoms with Gasteiger partial charge in [-0.1, -0.05) is 39.8 Å². The Morgan fingerprint density at radius 2 is 1.10 bits per heavy atom. The molecule has 4 aliphatic heterocycles. The second-order valence-electron chi connectivity index (χ2n) is 20.2. The van der Waals surface area contributed by atoms with Crippen LogP contribution in [-0.4, -0.2) is 106 Å². The molecule has 0 aliphatic carbocycles. The van der Waals surface area contributed by atoms with Crippen LogP contribution in [-0.2, 0) is 25.2 Å². The van der Waals surface area contributed by atoms with Gasteiger partial charge in [0, 0.05) is 37.6 Å². The molecule has 1 unspecified atom stereocenters. The number of ether oxygens (including phenoxy) is 2. The summed E-state index contributed by atoms with van der Waals surface area (Å²) in [6.07, 6.45) is 0.890. The summed E-state index contributed by atoms with van der Waals surface area (Å²) in [6.45, 7) is 9.63. The molecular formula is C52H65F3N10O6. The summed E-state index contributed by atoms with van der Waals surface area (Å²) >= 11 is 0. The van der Waals surface area contributed by atoms with Crippen LogP contribution in [0.1, 0.15) is 138 Å². The van der Waals surface area contributed by atoms with Gasteiger partial charge in [0.2, 0.25) is 11.8 Å². The summed E-state index contributed by atoms with van der Waals surface area (Å²) in [6, 6.07) is 13.8. The maximum atomic E-state index is 15.2. The number of nitrogens with one attached hydrogen (secondary N) is 4. The summed E-state index contributed by atoms with van der Waals surface area (Å²) in [7, 11) is 2.53. The van der Waals surface area contributed by atoms with Gasteiger partial charge in [-0.25, -0.2) is 19.6 Å². The van der Waals surface area contributed by atoms with Gasteiger partial charge in [0.1, 0.15) is 23.7 Å². The molecular weight excluding hydrogens is 918 g/mol. The molecule has 4 N–H and O–H groups in total. The molecule has 0 spiro atoms. The second-order valence-corrected chi connectivity index (χ2v) is 20.2. The summed E-state index contributed by atoms with van der Waals surface area (Å²) in [5, 5.41) is 5.40. The number of piperidine rings is 1. The Balaban J connectivity index is 1.05. The minimum absolute atomic E-state index is 0.187. The number of aromatic amines is 2. The maximum absolute atomic E-state index is 15.2. The zero-order chi connectivity index (χ0) is 50.3. The SMILES string of the molecule is COC(=O)NC(C(=O)N1CCC[C@H]1c1nc2ccc([C@H]3CC[C@H](c4ccc5nc([C@@H]6CCCN6C(=O)[C@@H](NC(=O)OC)C(C)C)[nH]c5c4)N3c3ccc(N4CCCCC4)c(C(F)(F)F)c3)cc2[nH]1)C(C)C. The zero-order valence-corrected chi connectivity index (χ0v) is 41.3. The molecule has 16 nitrogen and oxygen atoms in total. The monoisotopic (exact) mass is 983 g/mol. The van der Waals surface area contributed by atoms with Crippen LogP contribution in [0.2, 0.25) is 0 Å². The number of alkyl halides is 3. The molecule has 6 heterocycles. The normalized spacial score (nSPS) is 21.7. The summed E-state index contributed by atoms with van der Waals surface area (Å²) < 4.78 is 55.3. The van der Waals surface area contributed by atoms with Gasteiger partial charge in [0.05, 0.1) is 66.0 Å². The standard InChI is InChI=1S/C52H65F3N10O6/c1-29(2)44(60-50(68)70-5)48(66)63-24-10-12-42(63)46-56-35-17-14-31(26-37(35)58-46)39-20-21-40(65(39)33-16-19-41(34(28-33)52(53,54)55)62-22-8-7-9-23-62)32-15-18-36-38(27-32)59-47(57-36)43-13-11-25-64(43)49(67)45(30(3)4)61-51(69)71-6/h14-19,26-30,39-40,42-45H,7-13,20-25H2,1-6H3,(H,56,58)(H,57,59)(H,60,68)(H,61,69)/t39-,40-,42+,43+,44+,45?/m1/s1. The lowest BCUT2D eigenvalue weighted by atomic mass is 10.0. The number of rotatable bonds is 12. The van der Waals surface area contributed by atoms with E-state index in [1.54, 1.807) is 15.9 Å². The van der Waals surface area contributed by atoms with Crippen molar-refractivity contribution in [2.24, 2.45) is 11.8 Å². The van der Waals surface area contributed by atoms with E-state index in [1.807, 2.05) is 75.1 Å². The number of carbonyl (C=O) groups is 4. The van der Waals surface area contributed by atoms with E-state index < -0.39 is 36.0 Å². The fourth-order valence-corrected chi connectivity index (χ4v) is 11.4. The molecule has 0 bridgehead atoms. The Labute approximate surface area is 411 Å². The van der Waals surface area contributed by atoms with Gasteiger partial charge in [-0.05, 0) is 123 Å². The second kappa shape index (κ2) is 20.3. The first-order valence-electron chi connectivity index (χ1n) is 25.1. The molecule has 4 fully saturated rings. The molecule has 2 aromatic heterocycles. The lowest BCUT2D eigenvalue weighted by molar-refractivity contribution is -0.137. The number of nitrogens with zero attached hydrogens (tertiary/aromatic N) is 6. The van der Waals surface area contributed by atoms with Crippen LogP contribution in [0, 0.1) is 11.8 Å². The van der Waals surface area contributed by atoms with Crippen molar-refractivity contribution in [3.05, 3.63) is 82.9 Å². The third kappa shape index (κ3) is 9.92. The number of methoxy groups -OCH3 is 2. The van der Waals surface area contributed by atoms with E-state index in [9.17, 15) is 19.2 Å². The Bertz CT molecular complexity index is 2620. The van der Waals surface area contributed by atoms with Crippen molar-refractivity contribution in [3.8, 4) is 0 Å². The molecule has 0 saturated carbocycles. The number of halogens is 3. The Hall–Kier alpha value is -6.53. The van der Waals surface area contributed by atoms with Crippen LogP contribution in [0.4, 0.5) is 34.1 Å². The van der Waals surface area contributed by atoms with Crippen molar-refractivity contribution in [3.63, 3.8) is 0 Å². The van der Waals surface area contributed by atoms with E-state index in [-0.39, 0.29) is 53.5 Å². The smallest absolute Gasteiger partial charge is 0.418 e. The Morgan fingerprint density at radius 3 is 1.54 bits per heavy atom. The highest BCUT2D eigenvalue weighted by molar-refractivity contribution is 5.88. The van der Waals surface area contributed by atoms with E-state index in [0.29, 0.717) is 80.2 Å². The number of alkyl carbamates (subject to hydrolysis) is 2. The van der Waals surface area contributed by atoms with Crippen molar-refractivity contribution in [2.45, 2.75) is 128 Å². The highest BCUT2D eigenvalue weighted by Crippen LogP contribution is 2.50. The van der Waals surface area contributed by atoms with Gasteiger partial charge in [0.25, 0.3) is 0 Å². The molecule has 4 aliphatic rings. The maximum Gasteiger partial charge on any atom is 0.418 e. The molecule has 4 saturated heterocycles. The number of fused-ring (bicyclic) bond motifs is 2. The zero-order valence-electron chi connectivity index (χ0n) is 41.3. The van der Waals surface area contributed by atoms with Crippen molar-refractivity contribution < 1.29 is 41.8 Å². The van der Waals surface area contributed by atoms with Gasteiger partial charge in [-0.2, -0.15) is 13.2 Å². The van der Waals surface area contributed by atoms with Crippen LogP contribution < -0.4 is 20.4 Å². The minimum Gasteiger partial charge on any atom is -0.453 e. The molecule has 5 aromatic rings. The highest BCUT2D eigenvalue weighted by atomic mass is 19.4. The number of benzene rings is 3. The summed E-state index contributed by atoms with van der Waals surface area (Å²) in [5.74, 6) is 0.458. The predicted octanol–water partition coefficient (Wildman–Crippen LogP) is 9.62. The summed E-state index contributed by atoms with van der Waals surface area (Å²) in [4.78, 5) is 76.7. The molecule has 4 amide bonds. The lowest BCUT2D eigenvalue weighted by Gasteiger charge is -2.35. The number of anilines is 2. The van der Waals surface area contributed by atoms with Crippen molar-refractivity contribution in [2.75, 3.05) is 50.2 Å². The first-order valence-corrected chi connectivity index (χ1v) is 25.1. The van der Waals surface area contributed by atoms with E-state index in [4.69, 9.17) is 19.4 Å². The quantitative estimate of drug-likeness (QED) is 0.0940. The van der Waals surface area contributed by atoms with Crippen LogP contribution in [0.3, 0.4) is 0 Å². The van der Waals surface area contributed by atoms with Crippen LogP contribution in [0.15, 0.2) is 54.6 Å². The number of amides is 4. The molecule has 0 radical (unpaired) electrons. The number of aromatic nitrogens is 4. The van der Waals surface area contributed by atoms with Gasteiger partial charge < -0.3 is 49.7 Å². The number of likely N-dealkylation sites (tertiary alicyclic amines) is 2. The van der Waals surface area contributed by atoms with Crippen LogP contribution >= 0.6 is 0 Å². The van der Waals surface area contributed by atoms with E-state index in [1.165, 1.54) is 20.3 Å². The van der Waals surface area contributed by atoms with Crippen LogP contribution in [0.25, 0.3) is 22.1 Å². The number of hydrogen-bond donors (Lipinski definition) is 4. The third-order valence-corrected chi connectivity index (χ3v) is 15.0. The third-order valence-electron chi connectivity index (χ3n) is 15.0.